The van der Waals surface area contributed by atoms with Crippen molar-refractivity contribution in [1.29, 1.82) is 0 Å². The van der Waals surface area contributed by atoms with Gasteiger partial charge in [-0.05, 0) is 19.1 Å². The molecule has 96 valence electrons. The summed E-state index contributed by atoms with van der Waals surface area (Å²) in [4.78, 5) is 14.0. The van der Waals surface area contributed by atoms with E-state index in [0.29, 0.717) is 37.1 Å². The summed E-state index contributed by atoms with van der Waals surface area (Å²) in [5, 5.41) is 21.5. The molecule has 0 bridgehead atoms. The Morgan fingerprint density at radius 1 is 1.33 bits per heavy atom. The SMILES string of the molecule is Cc1c(O)cccc1C(=O)N1CCC(=NO)CC1. The number of aromatic hydroxyl groups is 1. The van der Waals surface area contributed by atoms with Crippen LogP contribution in [0.15, 0.2) is 23.4 Å². The molecule has 1 fully saturated rings. The predicted octanol–water partition coefficient (Wildman–Crippen LogP) is 1.77. The largest absolute Gasteiger partial charge is 0.508 e. The maximum Gasteiger partial charge on any atom is 0.254 e. The molecule has 0 spiro atoms. The average Bonchev–Trinajstić information content (AvgIpc) is 2.41. The van der Waals surface area contributed by atoms with Gasteiger partial charge >= 0.3 is 0 Å². The summed E-state index contributed by atoms with van der Waals surface area (Å²) in [6, 6.07) is 4.95. The zero-order valence-electron chi connectivity index (χ0n) is 10.3. The van der Waals surface area contributed by atoms with Gasteiger partial charge in [0.2, 0.25) is 0 Å². The zero-order valence-corrected chi connectivity index (χ0v) is 10.3. The summed E-state index contributed by atoms with van der Waals surface area (Å²) in [5.41, 5.74) is 1.86. The first-order valence-electron chi connectivity index (χ1n) is 5.91. The van der Waals surface area contributed by atoms with Crippen LogP contribution >= 0.6 is 0 Å². The first-order chi connectivity index (χ1) is 8.63. The van der Waals surface area contributed by atoms with E-state index in [0.717, 1.165) is 5.71 Å². The van der Waals surface area contributed by atoms with E-state index in [-0.39, 0.29) is 11.7 Å². The van der Waals surface area contributed by atoms with Crippen LogP contribution in [0.25, 0.3) is 0 Å². The molecule has 0 aromatic heterocycles. The van der Waals surface area contributed by atoms with Gasteiger partial charge in [-0.3, -0.25) is 4.79 Å². The fourth-order valence-corrected chi connectivity index (χ4v) is 2.09. The number of piperidine rings is 1. The number of likely N-dealkylation sites (tertiary alicyclic amines) is 1. The predicted molar refractivity (Wildman–Crippen MR) is 67.2 cm³/mol. The Morgan fingerprint density at radius 3 is 2.61 bits per heavy atom. The molecule has 1 aliphatic heterocycles. The van der Waals surface area contributed by atoms with Crippen LogP contribution in [0.1, 0.15) is 28.8 Å². The van der Waals surface area contributed by atoms with Crippen molar-refractivity contribution in [2.45, 2.75) is 19.8 Å². The molecule has 0 saturated carbocycles. The molecule has 1 aromatic carbocycles. The summed E-state index contributed by atoms with van der Waals surface area (Å²) < 4.78 is 0. The second-order valence-electron chi connectivity index (χ2n) is 4.41. The Hall–Kier alpha value is -2.04. The fourth-order valence-electron chi connectivity index (χ4n) is 2.09. The van der Waals surface area contributed by atoms with Gasteiger partial charge in [-0.15, -0.1) is 0 Å². The molecule has 0 unspecified atom stereocenters. The van der Waals surface area contributed by atoms with E-state index < -0.39 is 0 Å². The molecule has 1 aromatic rings. The van der Waals surface area contributed by atoms with Crippen molar-refractivity contribution < 1.29 is 15.1 Å². The first kappa shape index (κ1) is 12.4. The minimum Gasteiger partial charge on any atom is -0.508 e. The highest BCUT2D eigenvalue weighted by Gasteiger charge is 2.22. The van der Waals surface area contributed by atoms with Gasteiger partial charge < -0.3 is 15.2 Å². The molecule has 2 rings (SSSR count). The number of amides is 1. The van der Waals surface area contributed by atoms with Crippen molar-refractivity contribution in [3.63, 3.8) is 0 Å². The van der Waals surface area contributed by atoms with Crippen molar-refractivity contribution in [2.75, 3.05) is 13.1 Å². The normalized spacial score (nSPS) is 15.6. The third-order valence-electron chi connectivity index (χ3n) is 3.30. The first-order valence-corrected chi connectivity index (χ1v) is 5.91. The van der Waals surface area contributed by atoms with Gasteiger partial charge in [-0.25, -0.2) is 0 Å². The minimum absolute atomic E-state index is 0.0830. The van der Waals surface area contributed by atoms with Crippen LogP contribution in [0.4, 0.5) is 0 Å². The molecule has 2 N–H and O–H groups in total. The Kier molecular flexibility index (Phi) is 3.50. The highest BCUT2D eigenvalue weighted by atomic mass is 16.4. The molecular weight excluding hydrogens is 232 g/mol. The monoisotopic (exact) mass is 248 g/mol. The number of carbonyl (C=O) groups is 1. The Bertz CT molecular complexity index is 487. The Balaban J connectivity index is 2.15. The van der Waals surface area contributed by atoms with Crippen LogP contribution in [0.5, 0.6) is 5.75 Å². The molecule has 5 heteroatoms. The van der Waals surface area contributed by atoms with Crippen LogP contribution in [-0.2, 0) is 0 Å². The lowest BCUT2D eigenvalue weighted by molar-refractivity contribution is 0.0752. The Morgan fingerprint density at radius 2 is 2.00 bits per heavy atom. The summed E-state index contributed by atoms with van der Waals surface area (Å²) in [6.07, 6.45) is 1.19. The number of nitrogens with zero attached hydrogens (tertiary/aromatic N) is 2. The van der Waals surface area contributed by atoms with Crippen LogP contribution in [0, 0.1) is 6.92 Å². The lowest BCUT2D eigenvalue weighted by Crippen LogP contribution is -2.38. The zero-order chi connectivity index (χ0) is 13.1. The van der Waals surface area contributed by atoms with E-state index in [2.05, 4.69) is 5.16 Å². The maximum absolute atomic E-state index is 12.3. The Labute approximate surface area is 105 Å². The molecule has 18 heavy (non-hydrogen) atoms. The number of rotatable bonds is 1. The number of carbonyl (C=O) groups excluding carboxylic acids is 1. The van der Waals surface area contributed by atoms with E-state index in [4.69, 9.17) is 5.21 Å². The summed E-state index contributed by atoms with van der Waals surface area (Å²) in [7, 11) is 0. The highest BCUT2D eigenvalue weighted by molar-refractivity contribution is 5.97. The van der Waals surface area contributed by atoms with Crippen LogP contribution < -0.4 is 0 Å². The van der Waals surface area contributed by atoms with E-state index in [1.165, 1.54) is 0 Å². The van der Waals surface area contributed by atoms with Gasteiger partial charge in [0.15, 0.2) is 0 Å². The quantitative estimate of drug-likeness (QED) is 0.587. The van der Waals surface area contributed by atoms with Crippen molar-refractivity contribution in [3.8, 4) is 5.75 Å². The summed E-state index contributed by atoms with van der Waals surface area (Å²) in [6.45, 7) is 2.83. The average molecular weight is 248 g/mol. The van der Waals surface area contributed by atoms with Gasteiger partial charge in [0, 0.05) is 37.1 Å². The number of phenolic OH excluding ortho intramolecular Hbond substituents is 1. The third kappa shape index (κ3) is 2.30. The van der Waals surface area contributed by atoms with Crippen molar-refractivity contribution in [1.82, 2.24) is 4.90 Å². The molecule has 0 radical (unpaired) electrons. The van der Waals surface area contributed by atoms with Crippen LogP contribution in [0.2, 0.25) is 0 Å². The van der Waals surface area contributed by atoms with Gasteiger partial charge in [0.25, 0.3) is 5.91 Å². The molecule has 1 aliphatic rings. The van der Waals surface area contributed by atoms with E-state index in [1.807, 2.05) is 0 Å². The van der Waals surface area contributed by atoms with E-state index >= 15 is 0 Å². The number of oxime groups is 1. The lowest BCUT2D eigenvalue weighted by atomic mass is 10.0. The molecule has 0 atom stereocenters. The maximum atomic E-state index is 12.3. The number of phenols is 1. The van der Waals surface area contributed by atoms with Gasteiger partial charge in [-0.1, -0.05) is 11.2 Å². The van der Waals surface area contributed by atoms with Crippen molar-refractivity contribution in [3.05, 3.63) is 29.3 Å². The fraction of sp³-hybridized carbons (Fsp3) is 0.385. The summed E-state index contributed by atoms with van der Waals surface area (Å²) in [5.74, 6) is 0.0517. The molecule has 0 aliphatic carbocycles. The number of hydrogen-bond donors (Lipinski definition) is 2. The second-order valence-corrected chi connectivity index (χ2v) is 4.41. The smallest absolute Gasteiger partial charge is 0.254 e. The van der Waals surface area contributed by atoms with Crippen molar-refractivity contribution >= 4 is 11.6 Å². The number of benzene rings is 1. The molecule has 1 amide bonds. The second kappa shape index (κ2) is 5.08. The van der Waals surface area contributed by atoms with E-state index in [1.54, 1.807) is 30.0 Å². The highest BCUT2D eigenvalue weighted by Crippen LogP contribution is 2.22. The van der Waals surface area contributed by atoms with Crippen LogP contribution in [-0.4, -0.2) is 39.9 Å². The van der Waals surface area contributed by atoms with E-state index in [9.17, 15) is 9.90 Å². The molecule has 5 nitrogen and oxygen atoms in total. The van der Waals surface area contributed by atoms with Gasteiger partial charge in [0.05, 0.1) is 5.71 Å². The molecule has 1 saturated heterocycles. The standard InChI is InChI=1S/C13H16N2O3/c1-9-11(3-2-4-12(9)16)13(17)15-7-5-10(14-18)6-8-15/h2-4,16,18H,5-8H2,1H3. The third-order valence-corrected chi connectivity index (χ3v) is 3.30. The topological polar surface area (TPSA) is 73.1 Å². The van der Waals surface area contributed by atoms with Crippen LogP contribution in [0.3, 0.4) is 0 Å². The van der Waals surface area contributed by atoms with Gasteiger partial charge in [0.1, 0.15) is 5.75 Å². The molecular formula is C13H16N2O3. The number of hydrogen-bond acceptors (Lipinski definition) is 4. The van der Waals surface area contributed by atoms with Crippen molar-refractivity contribution in [2.24, 2.45) is 5.16 Å². The lowest BCUT2D eigenvalue weighted by Gasteiger charge is -2.27. The molecule has 1 heterocycles. The minimum atomic E-state index is -0.0830. The summed E-state index contributed by atoms with van der Waals surface area (Å²) >= 11 is 0. The van der Waals surface area contributed by atoms with Gasteiger partial charge in [-0.2, -0.15) is 0 Å².